The van der Waals surface area contributed by atoms with Gasteiger partial charge in [0.2, 0.25) is 23.6 Å². The molecule has 18 nitrogen and oxygen atoms in total. The third-order valence-electron chi connectivity index (χ3n) is 16.5. The van der Waals surface area contributed by atoms with Crippen molar-refractivity contribution >= 4 is 53.5 Å². The molecule has 1 aliphatic rings. The van der Waals surface area contributed by atoms with Gasteiger partial charge in [0, 0.05) is 45.1 Å². The number of hydrogen-bond acceptors (Lipinski definition) is 12. The molecule has 2 unspecified atom stereocenters. The molecule has 4 amide bonds. The summed E-state index contributed by atoms with van der Waals surface area (Å²) in [6.07, 6.45) is 44.3. The highest BCUT2D eigenvalue weighted by atomic mass is 16.6. The molecule has 0 aromatic carbocycles. The van der Waals surface area contributed by atoms with Gasteiger partial charge in [-0.05, 0) is 38.5 Å². The van der Waals surface area contributed by atoms with Crippen molar-refractivity contribution in [2.45, 2.75) is 347 Å². The quantitative estimate of drug-likeness (QED) is 0.0216. The van der Waals surface area contributed by atoms with E-state index in [2.05, 4.69) is 36.7 Å². The molecule has 0 bridgehead atoms. The first-order valence-corrected chi connectivity index (χ1v) is 34.8. The number of amides is 4. The normalized spacial score (nSPS) is 13.5. The monoisotopic (exact) mass is 1220 g/mol. The van der Waals surface area contributed by atoms with Gasteiger partial charge in [-0.2, -0.15) is 0 Å². The van der Waals surface area contributed by atoms with E-state index < -0.39 is 110 Å². The Labute approximate surface area is 519 Å². The average molecular weight is 1220 g/mol. The molecular weight excluding hydrogens is 1100 g/mol. The van der Waals surface area contributed by atoms with Gasteiger partial charge in [0.05, 0.1) is 6.54 Å². The summed E-state index contributed by atoms with van der Waals surface area (Å²) in [7, 11) is 0. The zero-order valence-electron chi connectivity index (χ0n) is 54.4. The molecule has 1 aliphatic heterocycles. The van der Waals surface area contributed by atoms with Crippen LogP contribution in [-0.2, 0) is 57.4 Å². The number of carbonyl (C=O) groups is 9. The Morgan fingerprint density at radius 1 is 0.442 bits per heavy atom. The van der Waals surface area contributed by atoms with Gasteiger partial charge in [-0.3, -0.25) is 38.4 Å². The number of carboxylic acids is 2. The molecule has 1 saturated heterocycles. The molecule has 0 aliphatic carbocycles. The van der Waals surface area contributed by atoms with Gasteiger partial charge in [-0.15, -0.1) is 0 Å². The van der Waals surface area contributed by atoms with Gasteiger partial charge >= 0.3 is 29.8 Å². The summed E-state index contributed by atoms with van der Waals surface area (Å²) in [5.74, 6) is -6.88. The summed E-state index contributed by atoms with van der Waals surface area (Å²) in [5, 5.41) is 26.2. The fourth-order valence-corrected chi connectivity index (χ4v) is 11.0. The molecule has 0 saturated carbocycles. The molecule has 1 fully saturated rings. The summed E-state index contributed by atoms with van der Waals surface area (Å²) in [4.78, 5) is 118. The molecule has 498 valence electrons. The molecular formula is C68H122N4O14. The third kappa shape index (κ3) is 44.6. The van der Waals surface area contributed by atoms with Gasteiger partial charge in [-0.25, -0.2) is 4.79 Å². The van der Waals surface area contributed by atoms with E-state index in [1.807, 2.05) is 0 Å². The minimum Gasteiger partial charge on any atom is -0.481 e. The van der Waals surface area contributed by atoms with Gasteiger partial charge in [-0.1, -0.05) is 252 Å². The van der Waals surface area contributed by atoms with E-state index in [1.165, 1.54) is 159 Å². The van der Waals surface area contributed by atoms with E-state index in [1.54, 1.807) is 0 Å². The summed E-state index contributed by atoms with van der Waals surface area (Å²) >= 11 is 0. The molecule has 1 rings (SSSR count). The van der Waals surface area contributed by atoms with Crippen molar-refractivity contribution in [3.8, 4) is 0 Å². The number of likely N-dealkylation sites (tertiary alicyclic amines) is 1. The predicted molar refractivity (Wildman–Crippen MR) is 338 cm³/mol. The number of hydrogen-bond donors (Lipinski definition) is 5. The molecule has 2 atom stereocenters. The lowest BCUT2D eigenvalue weighted by atomic mass is 10.0. The van der Waals surface area contributed by atoms with Crippen molar-refractivity contribution in [1.29, 1.82) is 0 Å². The predicted octanol–water partition coefficient (Wildman–Crippen LogP) is 14.2. The number of ether oxygens (including phenoxy) is 3. The largest absolute Gasteiger partial charge is 0.481 e. The summed E-state index contributed by atoms with van der Waals surface area (Å²) in [6.45, 7) is 4.94. The molecule has 1 heterocycles. The lowest BCUT2D eigenvalue weighted by molar-refractivity contribution is -0.159. The highest BCUT2D eigenvalue weighted by Gasteiger charge is 2.39. The number of esters is 3. The smallest absolute Gasteiger partial charge is 0.326 e. The number of unbranched alkanes of at least 4 members (excludes halogenated alkanes) is 36. The second-order valence-corrected chi connectivity index (χ2v) is 24.6. The Morgan fingerprint density at radius 3 is 1.09 bits per heavy atom. The van der Waals surface area contributed by atoms with Crippen LogP contribution < -0.4 is 16.0 Å². The number of aliphatic carboxylic acids is 2. The lowest BCUT2D eigenvalue weighted by Gasteiger charge is -2.33. The molecule has 0 aromatic heterocycles. The maximum Gasteiger partial charge on any atom is 0.326 e. The second kappa shape index (κ2) is 54.4. The van der Waals surface area contributed by atoms with Gasteiger partial charge in [0.1, 0.15) is 37.4 Å². The molecule has 0 radical (unpaired) electrons. The Hall–Kier alpha value is -4.77. The van der Waals surface area contributed by atoms with Crippen molar-refractivity contribution < 1.29 is 67.6 Å². The van der Waals surface area contributed by atoms with Crippen LogP contribution in [0.25, 0.3) is 0 Å². The number of nitrogens with zero attached hydrogens (tertiary/aromatic N) is 1. The Bertz CT molecular complexity index is 1720. The van der Waals surface area contributed by atoms with E-state index in [4.69, 9.17) is 19.3 Å². The average Bonchev–Trinajstić information content (AvgIpc) is 3.44. The first-order chi connectivity index (χ1) is 41.7. The zero-order chi connectivity index (χ0) is 63.1. The lowest BCUT2D eigenvalue weighted by Crippen LogP contribution is -2.59. The van der Waals surface area contributed by atoms with Crippen molar-refractivity contribution in [3.63, 3.8) is 0 Å². The van der Waals surface area contributed by atoms with E-state index in [0.29, 0.717) is 25.7 Å². The molecule has 86 heavy (non-hydrogen) atoms. The summed E-state index contributed by atoms with van der Waals surface area (Å²) < 4.78 is 17.5. The highest BCUT2D eigenvalue weighted by molar-refractivity contribution is 5.93. The van der Waals surface area contributed by atoms with Crippen molar-refractivity contribution in [3.05, 3.63) is 0 Å². The van der Waals surface area contributed by atoms with Gasteiger partial charge in [0.15, 0.2) is 0 Å². The molecule has 0 aromatic rings. The third-order valence-corrected chi connectivity index (χ3v) is 16.5. The Morgan fingerprint density at radius 2 is 0.767 bits per heavy atom. The second-order valence-electron chi connectivity index (χ2n) is 24.6. The molecule has 5 N–H and O–H groups in total. The topological polar surface area (TPSA) is 261 Å². The fraction of sp³-hybridized carbons (Fsp3) is 0.868. The van der Waals surface area contributed by atoms with Crippen LogP contribution in [0.3, 0.4) is 0 Å². The standard InChI is InChI=1S/C68H122N4O14/c1-4-7-10-13-16-19-22-25-28-31-34-37-40-45-63(78)84-54-68(55-85-64(79)46-41-38-35-32-29-26-23-20-17-14-11-8-5-2,56-86-65(80)47-42-39-36-33-30-27-24-21-18-15-12-9-6-3)71-60(74)50-49-59(73)69-53-61(75)72-52-43-44-58(72)66(81)70-57(67(82)83)48-51-62(76)77/h57-58H,4-56H2,1-3H3,(H,69,73)(H,70,81)(H,71,74)(H,76,77)(H,82,83). The Balaban J connectivity index is 3.06. The van der Waals surface area contributed by atoms with Gasteiger partial charge < -0.3 is 45.3 Å². The van der Waals surface area contributed by atoms with Crippen LogP contribution in [-0.4, -0.2) is 119 Å². The minimum atomic E-state index is -1.69. The van der Waals surface area contributed by atoms with Crippen LogP contribution in [0.4, 0.5) is 0 Å². The van der Waals surface area contributed by atoms with Crippen LogP contribution >= 0.6 is 0 Å². The first-order valence-electron chi connectivity index (χ1n) is 34.8. The van der Waals surface area contributed by atoms with Crippen molar-refractivity contribution in [2.75, 3.05) is 32.9 Å². The SMILES string of the molecule is CCCCCCCCCCCCCCCC(=O)OCC(COC(=O)CCCCCCCCCCCCCCC)(COC(=O)CCCCCCCCCCCCCCC)NC(=O)CCC(=O)NCC(=O)N1CCCC1C(=O)NC(CCC(=O)O)C(=O)O. The van der Waals surface area contributed by atoms with Crippen LogP contribution in [0.2, 0.25) is 0 Å². The van der Waals surface area contributed by atoms with Crippen LogP contribution in [0.1, 0.15) is 329 Å². The van der Waals surface area contributed by atoms with E-state index >= 15 is 0 Å². The Kier molecular flexibility index (Phi) is 50.1. The summed E-state index contributed by atoms with van der Waals surface area (Å²) in [6, 6.07) is -2.50. The number of carbonyl (C=O) groups excluding carboxylic acids is 7. The number of rotatable bonds is 60. The van der Waals surface area contributed by atoms with E-state index in [9.17, 15) is 48.3 Å². The van der Waals surface area contributed by atoms with Crippen molar-refractivity contribution in [1.82, 2.24) is 20.9 Å². The van der Waals surface area contributed by atoms with Gasteiger partial charge in [0.25, 0.3) is 0 Å². The highest BCUT2D eigenvalue weighted by Crippen LogP contribution is 2.21. The summed E-state index contributed by atoms with van der Waals surface area (Å²) in [5.41, 5.74) is -1.69. The van der Waals surface area contributed by atoms with Crippen LogP contribution in [0.15, 0.2) is 0 Å². The van der Waals surface area contributed by atoms with E-state index in [-0.39, 0.29) is 45.1 Å². The molecule has 18 heteroatoms. The zero-order valence-corrected chi connectivity index (χ0v) is 54.4. The van der Waals surface area contributed by atoms with Crippen molar-refractivity contribution in [2.24, 2.45) is 0 Å². The van der Waals surface area contributed by atoms with Crippen LogP contribution in [0.5, 0.6) is 0 Å². The first kappa shape index (κ1) is 79.2. The number of nitrogens with one attached hydrogen (secondary N) is 3. The number of carboxylic acid groups (broad SMARTS) is 2. The fourth-order valence-electron chi connectivity index (χ4n) is 11.0. The van der Waals surface area contributed by atoms with E-state index in [0.717, 1.165) is 77.0 Å². The molecule has 0 spiro atoms. The maximum absolute atomic E-state index is 13.9. The van der Waals surface area contributed by atoms with Crippen LogP contribution in [0, 0.1) is 0 Å². The minimum absolute atomic E-state index is 0.136. The maximum atomic E-state index is 13.9.